The average molecular weight is 330 g/mol. The lowest BCUT2D eigenvalue weighted by Crippen LogP contribution is -2.19. The number of thiophene rings is 1. The van der Waals surface area contributed by atoms with Crippen LogP contribution in [0.25, 0.3) is 0 Å². The number of ketones is 1. The molecule has 1 heterocycles. The van der Waals surface area contributed by atoms with Crippen LogP contribution in [0.1, 0.15) is 55.1 Å². The van der Waals surface area contributed by atoms with Crippen LogP contribution in [0.15, 0.2) is 4.90 Å². The molecule has 0 bridgehead atoms. The van der Waals surface area contributed by atoms with Gasteiger partial charge in [-0.25, -0.2) is 8.42 Å². The number of rotatable bonds is 4. The number of nitrogens with two attached hydrogens (primary N) is 1. The summed E-state index contributed by atoms with van der Waals surface area (Å²) < 4.78 is 24.0. The van der Waals surface area contributed by atoms with Gasteiger partial charge in [0.15, 0.2) is 15.6 Å². The standard InChI is InChI=1S/C14H22N2O3S2/c1-9(17)12-11(15)13(21(2,18)19)14(20-12)16-10-7-5-3-4-6-8-10/h10,16H,3-8,15H2,1-2H3. The molecule has 21 heavy (non-hydrogen) atoms. The number of carbonyl (C=O) groups is 1. The molecule has 1 aliphatic carbocycles. The molecule has 1 saturated carbocycles. The van der Waals surface area contributed by atoms with Crippen LogP contribution in [0.3, 0.4) is 0 Å². The highest BCUT2D eigenvalue weighted by atomic mass is 32.2. The second-order valence-electron chi connectivity index (χ2n) is 5.66. The molecule has 1 fully saturated rings. The fourth-order valence-corrected chi connectivity index (χ4v) is 5.29. The van der Waals surface area contributed by atoms with Crippen LogP contribution in [-0.2, 0) is 9.84 Å². The van der Waals surface area contributed by atoms with E-state index < -0.39 is 9.84 Å². The third kappa shape index (κ3) is 3.77. The first-order valence-electron chi connectivity index (χ1n) is 7.20. The smallest absolute Gasteiger partial charge is 0.180 e. The monoisotopic (exact) mass is 330 g/mol. The summed E-state index contributed by atoms with van der Waals surface area (Å²) in [5.41, 5.74) is 5.99. The predicted octanol–water partition coefficient (Wildman–Crippen LogP) is 3.07. The maximum absolute atomic E-state index is 12.0. The molecular weight excluding hydrogens is 308 g/mol. The third-order valence-electron chi connectivity index (χ3n) is 3.78. The van der Waals surface area contributed by atoms with Crippen LogP contribution in [-0.4, -0.2) is 26.5 Å². The molecule has 1 aromatic rings. The SMILES string of the molecule is CC(=O)c1sc(NC2CCCCCC2)c(S(C)(=O)=O)c1N. The van der Waals surface area contributed by atoms with Gasteiger partial charge in [0.05, 0.1) is 10.6 Å². The Hall–Kier alpha value is -1.08. The minimum atomic E-state index is -3.47. The molecule has 1 aliphatic rings. The molecule has 7 heteroatoms. The van der Waals surface area contributed by atoms with Crippen molar-refractivity contribution in [2.45, 2.75) is 56.4 Å². The van der Waals surface area contributed by atoms with Crippen molar-refractivity contribution in [3.8, 4) is 0 Å². The molecule has 5 nitrogen and oxygen atoms in total. The highest BCUT2D eigenvalue weighted by Gasteiger charge is 2.27. The lowest BCUT2D eigenvalue weighted by molar-refractivity contribution is 0.102. The summed E-state index contributed by atoms with van der Waals surface area (Å²) in [6.07, 6.45) is 7.92. The molecule has 0 saturated heterocycles. The first kappa shape index (κ1) is 16.3. The summed E-state index contributed by atoms with van der Waals surface area (Å²) in [6.45, 7) is 1.41. The molecule has 0 amide bonds. The number of anilines is 2. The van der Waals surface area contributed by atoms with E-state index in [0.29, 0.717) is 9.88 Å². The largest absolute Gasteiger partial charge is 0.396 e. The van der Waals surface area contributed by atoms with Gasteiger partial charge in [-0.1, -0.05) is 25.7 Å². The minimum Gasteiger partial charge on any atom is -0.396 e. The molecule has 1 aromatic heterocycles. The van der Waals surface area contributed by atoms with Gasteiger partial charge in [-0.2, -0.15) is 0 Å². The fourth-order valence-electron chi connectivity index (χ4n) is 2.76. The van der Waals surface area contributed by atoms with E-state index in [2.05, 4.69) is 5.32 Å². The highest BCUT2D eigenvalue weighted by Crippen LogP contribution is 2.40. The van der Waals surface area contributed by atoms with Crippen LogP contribution in [0.5, 0.6) is 0 Å². The van der Waals surface area contributed by atoms with Gasteiger partial charge < -0.3 is 11.1 Å². The van der Waals surface area contributed by atoms with Crippen molar-refractivity contribution < 1.29 is 13.2 Å². The molecule has 0 aliphatic heterocycles. The van der Waals surface area contributed by atoms with Gasteiger partial charge in [0.2, 0.25) is 0 Å². The van der Waals surface area contributed by atoms with Gasteiger partial charge in [-0.3, -0.25) is 4.79 Å². The maximum Gasteiger partial charge on any atom is 0.180 e. The second-order valence-corrected chi connectivity index (χ2v) is 8.64. The van der Waals surface area contributed by atoms with E-state index in [1.807, 2.05) is 0 Å². The number of nitrogen functional groups attached to an aromatic ring is 1. The molecule has 0 unspecified atom stereocenters. The molecule has 0 radical (unpaired) electrons. The Labute approximate surface area is 129 Å². The lowest BCUT2D eigenvalue weighted by Gasteiger charge is -2.17. The quantitative estimate of drug-likeness (QED) is 0.654. The molecule has 3 N–H and O–H groups in total. The zero-order chi connectivity index (χ0) is 15.6. The van der Waals surface area contributed by atoms with Crippen molar-refractivity contribution in [1.82, 2.24) is 0 Å². The van der Waals surface area contributed by atoms with Crippen molar-refractivity contribution in [2.75, 3.05) is 17.3 Å². The van der Waals surface area contributed by atoms with E-state index in [4.69, 9.17) is 5.73 Å². The normalized spacial score (nSPS) is 17.4. The van der Waals surface area contributed by atoms with E-state index >= 15 is 0 Å². The predicted molar refractivity (Wildman–Crippen MR) is 87.0 cm³/mol. The Morgan fingerprint density at radius 2 is 1.81 bits per heavy atom. The number of sulfone groups is 1. The molecule has 2 rings (SSSR count). The van der Waals surface area contributed by atoms with Crippen LogP contribution in [0.4, 0.5) is 10.7 Å². The van der Waals surface area contributed by atoms with Crippen molar-refractivity contribution in [2.24, 2.45) is 0 Å². The zero-order valence-electron chi connectivity index (χ0n) is 12.4. The van der Waals surface area contributed by atoms with Crippen molar-refractivity contribution in [3.63, 3.8) is 0 Å². The van der Waals surface area contributed by atoms with Crippen LogP contribution >= 0.6 is 11.3 Å². The third-order valence-corrected chi connectivity index (χ3v) is 6.31. The van der Waals surface area contributed by atoms with Gasteiger partial charge in [0.1, 0.15) is 9.90 Å². The van der Waals surface area contributed by atoms with Crippen LogP contribution in [0, 0.1) is 0 Å². The summed E-state index contributed by atoms with van der Waals surface area (Å²) in [5, 5.41) is 3.84. The minimum absolute atomic E-state index is 0.0851. The summed E-state index contributed by atoms with van der Waals surface area (Å²) in [7, 11) is -3.47. The topological polar surface area (TPSA) is 89.3 Å². The molecule has 0 atom stereocenters. The van der Waals surface area contributed by atoms with Gasteiger partial charge in [-0.05, 0) is 12.8 Å². The van der Waals surface area contributed by atoms with Crippen molar-refractivity contribution >= 4 is 37.6 Å². The average Bonchev–Trinajstić information content (AvgIpc) is 2.55. The summed E-state index contributed by atoms with van der Waals surface area (Å²) in [5.74, 6) is -0.198. The van der Waals surface area contributed by atoms with E-state index in [-0.39, 0.29) is 22.4 Å². The lowest BCUT2D eigenvalue weighted by atomic mass is 10.1. The summed E-state index contributed by atoms with van der Waals surface area (Å²) in [4.78, 5) is 12.0. The Bertz CT molecular complexity index is 627. The second kappa shape index (κ2) is 6.36. The Balaban J connectivity index is 2.37. The Kier molecular flexibility index (Phi) is 4.93. The van der Waals surface area contributed by atoms with Gasteiger partial charge in [-0.15, -0.1) is 11.3 Å². The fraction of sp³-hybridized carbons (Fsp3) is 0.643. The molecule has 118 valence electrons. The number of Topliss-reactive ketones (excluding diaryl/α,β-unsaturated/α-hetero) is 1. The Morgan fingerprint density at radius 1 is 1.24 bits per heavy atom. The van der Waals surface area contributed by atoms with Gasteiger partial charge in [0.25, 0.3) is 0 Å². The summed E-state index contributed by atoms with van der Waals surface area (Å²) in [6, 6.07) is 0.255. The van der Waals surface area contributed by atoms with Crippen molar-refractivity contribution in [3.05, 3.63) is 4.88 Å². The van der Waals surface area contributed by atoms with E-state index in [1.54, 1.807) is 0 Å². The van der Waals surface area contributed by atoms with Gasteiger partial charge in [0, 0.05) is 19.2 Å². The molecule has 0 spiro atoms. The summed E-state index contributed by atoms with van der Waals surface area (Å²) >= 11 is 1.16. The van der Waals surface area contributed by atoms with Crippen LogP contribution < -0.4 is 11.1 Å². The van der Waals surface area contributed by atoms with Crippen LogP contribution in [0.2, 0.25) is 0 Å². The highest BCUT2D eigenvalue weighted by molar-refractivity contribution is 7.91. The zero-order valence-corrected chi connectivity index (χ0v) is 14.1. The van der Waals surface area contributed by atoms with E-state index in [1.165, 1.54) is 19.8 Å². The first-order valence-corrected chi connectivity index (χ1v) is 9.91. The maximum atomic E-state index is 12.0. The number of nitrogens with one attached hydrogen (secondary N) is 1. The Morgan fingerprint density at radius 3 is 2.29 bits per heavy atom. The number of hydrogen-bond donors (Lipinski definition) is 2. The number of hydrogen-bond acceptors (Lipinski definition) is 6. The first-order chi connectivity index (χ1) is 9.80. The van der Waals surface area contributed by atoms with Gasteiger partial charge >= 0.3 is 0 Å². The van der Waals surface area contributed by atoms with Crippen molar-refractivity contribution in [1.29, 1.82) is 0 Å². The molecule has 0 aromatic carbocycles. The number of carbonyl (C=O) groups excluding carboxylic acids is 1. The van der Waals surface area contributed by atoms with E-state index in [9.17, 15) is 13.2 Å². The van der Waals surface area contributed by atoms with E-state index in [0.717, 1.165) is 43.3 Å². The molecular formula is C14H22N2O3S2.